The van der Waals surface area contributed by atoms with Crippen molar-refractivity contribution in [3.05, 3.63) is 35.9 Å². The molecule has 0 radical (unpaired) electrons. The number of nitrogens with two attached hydrogens (primary N) is 2. The molecule has 0 aliphatic carbocycles. The highest BCUT2D eigenvalue weighted by atomic mass is 16.4. The monoisotopic (exact) mass is 1120 g/mol. The molecule has 1 rings (SSSR count). The maximum atomic E-state index is 14.4. The summed E-state index contributed by atoms with van der Waals surface area (Å²) in [6.45, 7) is 4.91. The van der Waals surface area contributed by atoms with Gasteiger partial charge in [-0.25, -0.2) is 0 Å². The second kappa shape index (κ2) is 34.7. The number of amides is 11. The predicted molar refractivity (Wildman–Crippen MR) is 276 cm³/mol. The first-order valence-electron chi connectivity index (χ1n) is 25.1. The third-order valence-electron chi connectivity index (χ3n) is 11.8. The number of likely N-dealkylation sites (N-methyl/N-ethyl adjacent to an activating group) is 1. The Balaban J connectivity index is 3.48. The Kier molecular flexibility index (Phi) is 30.4. The van der Waals surface area contributed by atoms with Crippen LogP contribution in [0.25, 0.3) is 0 Å². The minimum atomic E-state index is -2.21. The van der Waals surface area contributed by atoms with Crippen molar-refractivity contribution in [1.29, 1.82) is 0 Å². The van der Waals surface area contributed by atoms with E-state index in [4.69, 9.17) is 11.5 Å². The van der Waals surface area contributed by atoms with Crippen LogP contribution in [0.5, 0.6) is 0 Å². The van der Waals surface area contributed by atoms with Crippen molar-refractivity contribution in [2.45, 2.75) is 147 Å². The first-order valence-corrected chi connectivity index (χ1v) is 25.1. The van der Waals surface area contributed by atoms with Crippen LogP contribution in [0.15, 0.2) is 30.3 Å². The van der Waals surface area contributed by atoms with Crippen LogP contribution >= 0.6 is 0 Å². The number of aliphatic carboxylic acids is 1. The van der Waals surface area contributed by atoms with Crippen molar-refractivity contribution < 1.29 is 87.5 Å². The van der Waals surface area contributed by atoms with Gasteiger partial charge in [0.25, 0.3) is 0 Å². The standard InChI is InChI=1S/C49H76N12O18/c1-24(2)18-32(46(76)55-30(14-11-17-50)43(73)56-31(15-16-39(69)70)44(74)57-33(20-37(51)67)45(75)53-25(3)26(4)64)58-48(78)36(19-29-12-9-8-10-13-29)61(7)38(68)21-52-42(72)34(22-62)59-49(79)40(41(71)27(5)65)60-47(77)35(23-63)54-28(6)66/h8-10,12-13,24-25,30-36,40-41,62-63,71H,11,14-23,50H2,1-7H3,(H2,51,67)(H,52,72)(H,53,75)(H,54,66)(H,55,76)(H,56,73)(H,57,74)(H,58,78)(H,59,79)(H,60,77)(H,69,70). The zero-order valence-corrected chi connectivity index (χ0v) is 45.1. The highest BCUT2D eigenvalue weighted by Gasteiger charge is 2.38. The van der Waals surface area contributed by atoms with Gasteiger partial charge in [0.1, 0.15) is 54.4 Å². The van der Waals surface area contributed by atoms with Crippen molar-refractivity contribution in [3.8, 4) is 0 Å². The number of primary amides is 1. The van der Waals surface area contributed by atoms with Gasteiger partial charge in [-0.3, -0.25) is 67.1 Å². The second-order valence-corrected chi connectivity index (χ2v) is 18.9. The van der Waals surface area contributed by atoms with Crippen molar-refractivity contribution in [1.82, 2.24) is 52.8 Å². The van der Waals surface area contributed by atoms with E-state index in [1.165, 1.54) is 20.9 Å². The van der Waals surface area contributed by atoms with Crippen LogP contribution in [0.1, 0.15) is 85.6 Å². The van der Waals surface area contributed by atoms with Crippen LogP contribution in [-0.2, 0) is 73.5 Å². The normalized spacial score (nSPS) is 14.7. The van der Waals surface area contributed by atoms with Crippen LogP contribution in [0.2, 0.25) is 0 Å². The molecule has 1 aromatic rings. The lowest BCUT2D eigenvalue weighted by Gasteiger charge is -2.31. The lowest BCUT2D eigenvalue weighted by atomic mass is 9.99. The molecule has 0 aliphatic heterocycles. The number of nitrogens with one attached hydrogen (secondary N) is 9. The second-order valence-electron chi connectivity index (χ2n) is 18.9. The summed E-state index contributed by atoms with van der Waals surface area (Å²) in [6, 6.07) is -6.04. The number of hydrogen-bond acceptors (Lipinski definition) is 18. The highest BCUT2D eigenvalue weighted by Crippen LogP contribution is 2.13. The van der Waals surface area contributed by atoms with E-state index in [0.717, 1.165) is 18.7 Å². The van der Waals surface area contributed by atoms with Gasteiger partial charge in [0.05, 0.1) is 32.2 Å². The molecule has 17 N–H and O–H groups in total. The molecule has 0 spiro atoms. The van der Waals surface area contributed by atoms with E-state index in [1.807, 2.05) is 10.6 Å². The average molecular weight is 1120 g/mol. The zero-order valence-electron chi connectivity index (χ0n) is 45.1. The molecule has 0 heterocycles. The van der Waals surface area contributed by atoms with Gasteiger partial charge in [0, 0.05) is 26.8 Å². The van der Waals surface area contributed by atoms with E-state index in [0.29, 0.717) is 5.56 Å². The molecular weight excluding hydrogens is 1040 g/mol. The summed E-state index contributed by atoms with van der Waals surface area (Å²) in [5, 5.41) is 60.0. The molecule has 0 aliphatic rings. The molecule has 0 fully saturated rings. The van der Waals surface area contributed by atoms with Crippen LogP contribution < -0.4 is 59.3 Å². The molecule has 79 heavy (non-hydrogen) atoms. The average Bonchev–Trinajstić information content (AvgIpc) is 3.38. The lowest BCUT2D eigenvalue weighted by Crippen LogP contribution is -2.62. The molecule has 11 amide bonds. The number of carboxylic acid groups (broad SMARTS) is 1. The van der Waals surface area contributed by atoms with Gasteiger partial charge in [-0.1, -0.05) is 44.2 Å². The number of carbonyl (C=O) groups is 14. The van der Waals surface area contributed by atoms with E-state index >= 15 is 0 Å². The maximum Gasteiger partial charge on any atom is 0.303 e. The summed E-state index contributed by atoms with van der Waals surface area (Å²) in [6.07, 6.45) is -4.45. The number of rotatable bonds is 36. The number of aliphatic hydroxyl groups excluding tert-OH is 3. The third-order valence-corrected chi connectivity index (χ3v) is 11.8. The van der Waals surface area contributed by atoms with Gasteiger partial charge in [-0.15, -0.1) is 0 Å². The van der Waals surface area contributed by atoms with Crippen molar-refractivity contribution >= 4 is 82.5 Å². The molecule has 1 aromatic carbocycles. The number of hydrogen-bond donors (Lipinski definition) is 15. The van der Waals surface area contributed by atoms with Crippen LogP contribution in [0, 0.1) is 5.92 Å². The Labute approximate surface area is 455 Å². The molecule has 30 nitrogen and oxygen atoms in total. The SMILES string of the molecule is CC(=O)NC(CO)C(=O)NC(C(=O)NC(CO)C(=O)NCC(=O)N(C)C(Cc1ccccc1)C(=O)NC(CC(C)C)C(=O)NC(CCCN)C(=O)NC(CCC(=O)O)C(=O)NC(CC(N)=O)C(=O)NC(C)C(C)=O)C(O)C(C)=O. The summed E-state index contributed by atoms with van der Waals surface area (Å²) >= 11 is 0. The Morgan fingerprint density at radius 3 is 1.58 bits per heavy atom. The number of ketones is 2. The van der Waals surface area contributed by atoms with Gasteiger partial charge in [0.2, 0.25) is 65.0 Å². The lowest BCUT2D eigenvalue weighted by molar-refractivity contribution is -0.141. The Morgan fingerprint density at radius 2 is 1.09 bits per heavy atom. The van der Waals surface area contributed by atoms with Crippen molar-refractivity contribution in [3.63, 3.8) is 0 Å². The summed E-state index contributed by atoms with van der Waals surface area (Å²) in [4.78, 5) is 182. The van der Waals surface area contributed by atoms with Gasteiger partial charge in [-0.2, -0.15) is 0 Å². The fourth-order valence-electron chi connectivity index (χ4n) is 7.24. The van der Waals surface area contributed by atoms with Gasteiger partial charge in [-0.05, 0) is 64.5 Å². The first kappa shape index (κ1) is 69.1. The van der Waals surface area contributed by atoms with E-state index < -0.39 is 182 Å². The summed E-state index contributed by atoms with van der Waals surface area (Å²) in [5.41, 5.74) is 11.6. The summed E-state index contributed by atoms with van der Waals surface area (Å²) < 4.78 is 0. The van der Waals surface area contributed by atoms with Crippen LogP contribution in [0.3, 0.4) is 0 Å². The van der Waals surface area contributed by atoms with Gasteiger partial charge >= 0.3 is 5.97 Å². The molecule has 0 bridgehead atoms. The van der Waals surface area contributed by atoms with E-state index in [-0.39, 0.29) is 38.1 Å². The molecule has 0 saturated heterocycles. The molecule has 0 aromatic heterocycles. The number of benzene rings is 1. The molecule has 10 atom stereocenters. The van der Waals surface area contributed by atoms with E-state index in [9.17, 15) is 87.5 Å². The number of nitrogens with zero attached hydrogens (tertiary/aromatic N) is 1. The van der Waals surface area contributed by atoms with Gasteiger partial charge in [0.15, 0.2) is 11.6 Å². The Bertz CT molecular complexity index is 2340. The van der Waals surface area contributed by atoms with Crippen LogP contribution in [0.4, 0.5) is 0 Å². The fraction of sp³-hybridized carbons (Fsp3) is 0.592. The molecule has 30 heteroatoms. The predicted octanol–water partition coefficient (Wildman–Crippen LogP) is -6.86. The number of aliphatic hydroxyl groups is 3. The minimum absolute atomic E-state index is 0.00851. The third kappa shape index (κ3) is 24.9. The molecule has 10 unspecified atom stereocenters. The topological polar surface area (TPSA) is 483 Å². The summed E-state index contributed by atoms with van der Waals surface area (Å²) in [7, 11) is 1.21. The first-order chi connectivity index (χ1) is 37.0. The molecular formula is C49H76N12O18. The van der Waals surface area contributed by atoms with Crippen molar-refractivity contribution in [2.24, 2.45) is 17.4 Å². The smallest absolute Gasteiger partial charge is 0.303 e. The number of Topliss-reactive ketones (excluding diaryl/α,β-unsaturated/α-hetero) is 2. The number of carbonyl (C=O) groups excluding carboxylic acids is 13. The van der Waals surface area contributed by atoms with Crippen LogP contribution in [-0.4, -0.2) is 202 Å². The summed E-state index contributed by atoms with van der Waals surface area (Å²) in [5.74, 6) is -14.6. The minimum Gasteiger partial charge on any atom is -0.481 e. The molecule has 440 valence electrons. The highest BCUT2D eigenvalue weighted by molar-refractivity contribution is 6.00. The molecule has 0 saturated carbocycles. The Hall–Kier alpha value is -7.96. The maximum absolute atomic E-state index is 14.4. The van der Waals surface area contributed by atoms with E-state index in [2.05, 4.69) is 37.2 Å². The van der Waals surface area contributed by atoms with E-state index in [1.54, 1.807) is 44.2 Å². The fourth-order valence-corrected chi connectivity index (χ4v) is 7.24. The zero-order chi connectivity index (χ0) is 60.3. The van der Waals surface area contributed by atoms with Gasteiger partial charge < -0.3 is 84.6 Å². The quantitative estimate of drug-likeness (QED) is 0.0297. The largest absolute Gasteiger partial charge is 0.481 e. The Morgan fingerprint density at radius 1 is 0.595 bits per heavy atom. The number of carboxylic acids is 1. The van der Waals surface area contributed by atoms with Crippen molar-refractivity contribution in [2.75, 3.05) is 33.4 Å².